The van der Waals surface area contributed by atoms with E-state index in [4.69, 9.17) is 4.42 Å². The summed E-state index contributed by atoms with van der Waals surface area (Å²) in [5.41, 5.74) is 24.7. The van der Waals surface area contributed by atoms with E-state index in [-0.39, 0.29) is 17.7 Å². The fourth-order valence-corrected chi connectivity index (χ4v) is 15.6. The van der Waals surface area contributed by atoms with Gasteiger partial charge in [-0.2, -0.15) is 0 Å². The van der Waals surface area contributed by atoms with Crippen molar-refractivity contribution < 1.29 is 4.42 Å². The number of hydrogen-bond acceptors (Lipinski definition) is 5. The highest BCUT2D eigenvalue weighted by molar-refractivity contribution is 8.05. The Morgan fingerprint density at radius 2 is 1.14 bits per heavy atom. The molecule has 4 nitrogen and oxygen atoms in total. The molecule has 12 aromatic rings. The van der Waals surface area contributed by atoms with Crippen molar-refractivity contribution in [1.29, 1.82) is 0 Å². The second-order valence-corrected chi connectivity index (χ2v) is 24.6. The molecule has 0 N–H and O–H groups in total. The van der Waals surface area contributed by atoms with Crippen molar-refractivity contribution in [1.82, 2.24) is 4.48 Å². The normalized spacial score (nSPS) is 14.3. The summed E-state index contributed by atoms with van der Waals surface area (Å²) in [6, 6.07) is 79.4. The molecule has 4 aliphatic rings. The van der Waals surface area contributed by atoms with Gasteiger partial charge in [-0.15, -0.1) is 0 Å². The minimum atomic E-state index is -0.351. The van der Waals surface area contributed by atoms with Gasteiger partial charge in [0, 0.05) is 80.8 Å². The lowest BCUT2D eigenvalue weighted by molar-refractivity contribution is 0.590. The monoisotopic (exact) mass is 1010 g/mol. The molecule has 7 heteroatoms. The van der Waals surface area contributed by atoms with Crippen LogP contribution in [0.3, 0.4) is 0 Å². The summed E-state index contributed by atoms with van der Waals surface area (Å²) in [7, 11) is 0. The third-order valence-electron chi connectivity index (χ3n) is 16.7. The Balaban J connectivity index is 1.10. The number of rotatable bonds is 5. The maximum atomic E-state index is 7.23. The summed E-state index contributed by atoms with van der Waals surface area (Å²) in [5, 5.41) is 2.22. The summed E-state index contributed by atoms with van der Waals surface area (Å²) >= 11 is 3.80. The Kier molecular flexibility index (Phi) is 9.29. The molecule has 76 heavy (non-hydrogen) atoms. The van der Waals surface area contributed by atoms with E-state index in [0.717, 1.165) is 44.5 Å². The molecule has 0 saturated carbocycles. The SMILES string of the molecule is CC(C)(C)c1ccc(N2c3cc4c(cc3B3c5c(cc6c(c52)C(C)(C)c2ccccc2-6)-c2cc(N(c5ccccc5)c5ccccc5)cc5c6oc7ccccc7c6n3c25)Sc2ccccc2S4)c(-c2ccccc2)c1. The van der Waals surface area contributed by atoms with Crippen molar-refractivity contribution in [2.45, 2.75) is 65.0 Å². The van der Waals surface area contributed by atoms with E-state index in [9.17, 15) is 0 Å². The molecule has 16 rings (SSSR count). The molecule has 10 aromatic carbocycles. The first-order chi connectivity index (χ1) is 37.1. The molecular weight excluding hydrogens is 962 g/mol. The number of hydrogen-bond donors (Lipinski definition) is 0. The maximum absolute atomic E-state index is 7.23. The summed E-state index contributed by atoms with van der Waals surface area (Å²) in [5.74, 6) is 0. The molecule has 0 bridgehead atoms. The van der Waals surface area contributed by atoms with Crippen molar-refractivity contribution in [2.75, 3.05) is 9.80 Å². The molecule has 0 saturated heterocycles. The lowest BCUT2D eigenvalue weighted by atomic mass is 9.44. The highest BCUT2D eigenvalue weighted by Crippen LogP contribution is 2.60. The van der Waals surface area contributed by atoms with Gasteiger partial charge in [-0.1, -0.05) is 179 Å². The van der Waals surface area contributed by atoms with Gasteiger partial charge in [0.2, 0.25) is 0 Å². The van der Waals surface area contributed by atoms with Gasteiger partial charge in [0.05, 0.1) is 11.2 Å². The van der Waals surface area contributed by atoms with Crippen LogP contribution >= 0.6 is 23.5 Å². The fraction of sp³-hybridized carbons (Fsp3) is 0.101. The topological polar surface area (TPSA) is 24.6 Å². The van der Waals surface area contributed by atoms with Crippen LogP contribution in [0.5, 0.6) is 0 Å². The number of anilines is 6. The molecule has 1 aliphatic carbocycles. The second kappa shape index (κ2) is 16.0. The number of para-hydroxylation sites is 3. The first kappa shape index (κ1) is 44.2. The highest BCUT2D eigenvalue weighted by atomic mass is 32.2. The molecule has 0 spiro atoms. The second-order valence-electron chi connectivity index (χ2n) is 22.4. The third-order valence-corrected chi connectivity index (χ3v) is 19.2. The molecule has 5 heterocycles. The van der Waals surface area contributed by atoms with Crippen molar-refractivity contribution in [3.05, 3.63) is 229 Å². The lowest BCUT2D eigenvalue weighted by Crippen LogP contribution is -2.57. The van der Waals surface area contributed by atoms with Gasteiger partial charge in [-0.25, -0.2) is 0 Å². The number of fused-ring (bicyclic) bond motifs is 15. The van der Waals surface area contributed by atoms with Crippen molar-refractivity contribution in [2.24, 2.45) is 0 Å². The number of nitrogens with zero attached hydrogens (tertiary/aromatic N) is 3. The Labute approximate surface area is 451 Å². The van der Waals surface area contributed by atoms with Crippen LogP contribution in [0.1, 0.15) is 51.3 Å². The minimum absolute atomic E-state index is 0.0720. The van der Waals surface area contributed by atoms with Gasteiger partial charge in [0.25, 0.3) is 0 Å². The van der Waals surface area contributed by atoms with E-state index >= 15 is 0 Å². The predicted molar refractivity (Wildman–Crippen MR) is 321 cm³/mol. The van der Waals surface area contributed by atoms with Gasteiger partial charge in [-0.3, -0.25) is 0 Å². The predicted octanol–water partition coefficient (Wildman–Crippen LogP) is 18.3. The van der Waals surface area contributed by atoms with Crippen LogP contribution in [-0.2, 0) is 10.8 Å². The summed E-state index contributed by atoms with van der Waals surface area (Å²) in [6.07, 6.45) is 0. The Morgan fingerprint density at radius 3 is 1.87 bits per heavy atom. The Bertz CT molecular complexity index is 4400. The summed E-state index contributed by atoms with van der Waals surface area (Å²) in [4.78, 5) is 10.3. The standard InChI is InChI=1S/C69H50BN3OS2/c1-68(2,3)42-33-34-55(48(35-42)41-21-9-6-10-22-41)72-56-40-61-60(75-58-31-19-20-32-59(58)76-61)39-54(56)70-63-50(38-49-46-27-15-17-29-53(46)69(4,5)62(49)66(63)72)51-36-45(71(43-23-11-7-12-24-43)44-25-13-8-14-26-44)37-52-64(51)73(70)65-47-28-16-18-30-57(47)74-67(52)65/h6-40H,1-5H3. The molecule has 3 aliphatic heterocycles. The molecule has 0 fully saturated rings. The van der Waals surface area contributed by atoms with E-state index in [1.807, 2.05) is 23.5 Å². The molecule has 0 amide bonds. The number of furan rings is 1. The van der Waals surface area contributed by atoms with Crippen LogP contribution in [-0.4, -0.2) is 11.3 Å². The van der Waals surface area contributed by atoms with E-state index in [0.29, 0.717) is 0 Å². The van der Waals surface area contributed by atoms with Gasteiger partial charge >= 0.3 is 6.85 Å². The zero-order valence-electron chi connectivity index (χ0n) is 42.9. The van der Waals surface area contributed by atoms with Crippen molar-refractivity contribution in [3.8, 4) is 33.4 Å². The van der Waals surface area contributed by atoms with Gasteiger partial charge in [-0.05, 0) is 146 Å². The van der Waals surface area contributed by atoms with Crippen LogP contribution in [0, 0.1) is 0 Å². The first-order valence-corrected chi connectivity index (χ1v) is 28.1. The molecular formula is C69H50BN3OS2. The molecule has 0 atom stereocenters. The molecule has 362 valence electrons. The van der Waals surface area contributed by atoms with E-state index in [2.05, 4.69) is 261 Å². The Hall–Kier alpha value is -8.10. The maximum Gasteiger partial charge on any atom is 0.333 e. The average molecular weight is 1010 g/mol. The van der Waals surface area contributed by atoms with Crippen molar-refractivity contribution in [3.63, 3.8) is 0 Å². The van der Waals surface area contributed by atoms with E-state index in [1.54, 1.807) is 0 Å². The fourth-order valence-electron chi connectivity index (χ4n) is 13.3. The molecule has 2 aromatic heterocycles. The van der Waals surface area contributed by atoms with E-state index in [1.165, 1.54) is 103 Å². The zero-order chi connectivity index (χ0) is 50.8. The highest BCUT2D eigenvalue weighted by Gasteiger charge is 2.50. The summed E-state index contributed by atoms with van der Waals surface area (Å²) < 4.78 is 9.94. The van der Waals surface area contributed by atoms with Crippen LogP contribution < -0.4 is 20.7 Å². The zero-order valence-corrected chi connectivity index (χ0v) is 44.5. The smallest absolute Gasteiger partial charge is 0.333 e. The average Bonchev–Trinajstić information content (AvgIpc) is 4.06. The quantitative estimate of drug-likeness (QED) is 0.160. The lowest BCUT2D eigenvalue weighted by Gasteiger charge is -2.44. The Morgan fingerprint density at radius 1 is 0.500 bits per heavy atom. The van der Waals surface area contributed by atoms with Crippen LogP contribution in [0.4, 0.5) is 34.1 Å². The van der Waals surface area contributed by atoms with Gasteiger partial charge in [0.15, 0.2) is 5.58 Å². The third kappa shape index (κ3) is 6.18. The molecule has 0 unspecified atom stereocenters. The number of aromatic nitrogens is 1. The van der Waals surface area contributed by atoms with E-state index < -0.39 is 0 Å². The first-order valence-electron chi connectivity index (χ1n) is 26.4. The largest absolute Gasteiger partial charge is 0.454 e. The molecule has 0 radical (unpaired) electrons. The van der Waals surface area contributed by atoms with Crippen LogP contribution in [0.2, 0.25) is 0 Å². The van der Waals surface area contributed by atoms with Gasteiger partial charge in [0.1, 0.15) is 5.58 Å². The summed E-state index contributed by atoms with van der Waals surface area (Å²) in [6.45, 7) is 11.7. The van der Waals surface area contributed by atoms with Crippen molar-refractivity contribution >= 4 is 108 Å². The minimum Gasteiger partial charge on any atom is -0.454 e. The number of benzene rings is 10. The van der Waals surface area contributed by atoms with Crippen LogP contribution in [0.25, 0.3) is 66.4 Å². The van der Waals surface area contributed by atoms with Crippen LogP contribution in [0.15, 0.2) is 236 Å². The van der Waals surface area contributed by atoms with Gasteiger partial charge < -0.3 is 18.7 Å².